The molecule has 0 bridgehead atoms. The first-order valence-corrected chi connectivity index (χ1v) is 8.08. The number of rotatable bonds is 5. The van der Waals surface area contributed by atoms with E-state index in [2.05, 4.69) is 0 Å². The zero-order valence-electron chi connectivity index (χ0n) is 11.9. The van der Waals surface area contributed by atoms with Gasteiger partial charge in [0.2, 0.25) is 5.91 Å². The second kappa shape index (κ2) is 7.24. The molecular formula is C14H19ClN2O3S. The summed E-state index contributed by atoms with van der Waals surface area (Å²) in [5.41, 5.74) is 0. The quantitative estimate of drug-likeness (QED) is 0.898. The molecular weight excluding hydrogens is 312 g/mol. The standard InChI is InChI=1S/C14H19ClN2O3S/c1-16(8-11-2-3-12(15)21-11)9-13(18)17-6-4-10(5-7-17)14(19)20/h2-3,10H,4-9H2,1H3,(H,19,20). The van der Waals surface area contributed by atoms with Gasteiger partial charge in [0.05, 0.1) is 16.8 Å². The number of carbonyl (C=O) groups excluding carboxylic acids is 1. The van der Waals surface area contributed by atoms with Crippen molar-refractivity contribution in [3.8, 4) is 0 Å². The Hall–Kier alpha value is -1.11. The highest BCUT2D eigenvalue weighted by atomic mass is 35.5. The summed E-state index contributed by atoms with van der Waals surface area (Å²) in [6, 6.07) is 3.82. The fourth-order valence-electron chi connectivity index (χ4n) is 2.47. The average molecular weight is 331 g/mol. The molecule has 1 amide bonds. The molecule has 21 heavy (non-hydrogen) atoms. The molecule has 1 N–H and O–H groups in total. The average Bonchev–Trinajstić information content (AvgIpc) is 2.83. The fourth-order valence-corrected chi connectivity index (χ4v) is 3.63. The molecule has 7 heteroatoms. The molecule has 0 radical (unpaired) electrons. The van der Waals surface area contributed by atoms with Crippen LogP contribution >= 0.6 is 22.9 Å². The van der Waals surface area contributed by atoms with Crippen molar-refractivity contribution >= 4 is 34.8 Å². The minimum Gasteiger partial charge on any atom is -0.481 e. The number of halogens is 1. The van der Waals surface area contributed by atoms with Gasteiger partial charge in [0.25, 0.3) is 0 Å². The van der Waals surface area contributed by atoms with Gasteiger partial charge in [-0.1, -0.05) is 11.6 Å². The highest BCUT2D eigenvalue weighted by Gasteiger charge is 2.27. The molecule has 2 heterocycles. The van der Waals surface area contributed by atoms with Crippen molar-refractivity contribution < 1.29 is 14.7 Å². The van der Waals surface area contributed by atoms with E-state index in [4.69, 9.17) is 16.7 Å². The monoisotopic (exact) mass is 330 g/mol. The number of amides is 1. The third kappa shape index (κ3) is 4.69. The number of hydrogen-bond acceptors (Lipinski definition) is 4. The molecule has 1 saturated heterocycles. The number of carboxylic acid groups (broad SMARTS) is 1. The van der Waals surface area contributed by atoms with Gasteiger partial charge in [-0.25, -0.2) is 0 Å². The summed E-state index contributed by atoms with van der Waals surface area (Å²) in [7, 11) is 1.90. The van der Waals surface area contributed by atoms with Gasteiger partial charge in [0, 0.05) is 24.5 Å². The molecule has 0 aliphatic carbocycles. The summed E-state index contributed by atoms with van der Waals surface area (Å²) in [5.74, 6) is -1.00. The summed E-state index contributed by atoms with van der Waals surface area (Å²) in [6.07, 6.45) is 1.09. The molecule has 5 nitrogen and oxygen atoms in total. The van der Waals surface area contributed by atoms with Crippen LogP contribution in [-0.4, -0.2) is 53.5 Å². The molecule has 1 fully saturated rings. The highest BCUT2D eigenvalue weighted by molar-refractivity contribution is 7.16. The molecule has 0 atom stereocenters. The Balaban J connectivity index is 1.77. The molecule has 116 valence electrons. The molecule has 0 saturated carbocycles. The summed E-state index contributed by atoms with van der Waals surface area (Å²) in [5, 5.41) is 8.95. The zero-order valence-corrected chi connectivity index (χ0v) is 13.5. The summed E-state index contributed by atoms with van der Waals surface area (Å²) >= 11 is 7.40. The van der Waals surface area contributed by atoms with Crippen molar-refractivity contribution in [1.82, 2.24) is 9.80 Å². The summed E-state index contributed by atoms with van der Waals surface area (Å²) in [6.45, 7) is 2.10. The Morgan fingerprint density at radius 1 is 1.43 bits per heavy atom. The lowest BCUT2D eigenvalue weighted by Crippen LogP contribution is -2.44. The van der Waals surface area contributed by atoms with Gasteiger partial charge in [-0.05, 0) is 32.0 Å². The molecule has 0 aromatic carbocycles. The third-order valence-electron chi connectivity index (χ3n) is 3.66. The molecule has 1 aliphatic heterocycles. The molecule has 2 rings (SSSR count). The number of piperidine rings is 1. The van der Waals surface area contributed by atoms with Crippen LogP contribution in [0, 0.1) is 5.92 Å². The Morgan fingerprint density at radius 2 is 2.10 bits per heavy atom. The number of nitrogens with zero attached hydrogens (tertiary/aromatic N) is 2. The normalized spacial score (nSPS) is 16.4. The predicted octanol–water partition coefficient (Wildman–Crippen LogP) is 2.16. The second-order valence-electron chi connectivity index (χ2n) is 5.37. The second-order valence-corrected chi connectivity index (χ2v) is 7.17. The van der Waals surface area contributed by atoms with Crippen LogP contribution in [0.15, 0.2) is 12.1 Å². The van der Waals surface area contributed by atoms with Gasteiger partial charge in [0.15, 0.2) is 0 Å². The summed E-state index contributed by atoms with van der Waals surface area (Å²) in [4.78, 5) is 27.9. The molecule has 1 aromatic rings. The van der Waals surface area contributed by atoms with Gasteiger partial charge in [0.1, 0.15) is 0 Å². The van der Waals surface area contributed by atoms with Crippen LogP contribution in [0.25, 0.3) is 0 Å². The molecule has 0 unspecified atom stereocenters. The number of carbonyl (C=O) groups is 2. The highest BCUT2D eigenvalue weighted by Crippen LogP contribution is 2.22. The van der Waals surface area contributed by atoms with Gasteiger partial charge < -0.3 is 10.0 Å². The number of aliphatic carboxylic acids is 1. The van der Waals surface area contributed by atoms with Gasteiger partial charge in [-0.2, -0.15) is 0 Å². The van der Waals surface area contributed by atoms with Crippen molar-refractivity contribution in [3.63, 3.8) is 0 Å². The maximum Gasteiger partial charge on any atom is 0.306 e. The van der Waals surface area contributed by atoms with E-state index < -0.39 is 5.97 Å². The van der Waals surface area contributed by atoms with Crippen LogP contribution < -0.4 is 0 Å². The van der Waals surface area contributed by atoms with E-state index >= 15 is 0 Å². The summed E-state index contributed by atoms with van der Waals surface area (Å²) < 4.78 is 0.750. The lowest BCUT2D eigenvalue weighted by atomic mass is 9.97. The van der Waals surface area contributed by atoms with E-state index in [9.17, 15) is 9.59 Å². The van der Waals surface area contributed by atoms with E-state index in [1.807, 2.05) is 24.1 Å². The van der Waals surface area contributed by atoms with E-state index in [0.717, 1.165) is 9.21 Å². The van der Waals surface area contributed by atoms with Gasteiger partial charge in [-0.3, -0.25) is 14.5 Å². The smallest absolute Gasteiger partial charge is 0.306 e. The Kier molecular flexibility index (Phi) is 5.61. The van der Waals surface area contributed by atoms with Crippen molar-refractivity contribution in [1.29, 1.82) is 0 Å². The maximum absolute atomic E-state index is 12.2. The first-order valence-electron chi connectivity index (χ1n) is 6.89. The maximum atomic E-state index is 12.2. The Bertz CT molecular complexity index is 512. The van der Waals surface area contributed by atoms with Crippen LogP contribution in [0.1, 0.15) is 17.7 Å². The van der Waals surface area contributed by atoms with E-state index in [-0.39, 0.29) is 11.8 Å². The zero-order chi connectivity index (χ0) is 15.4. The Labute approximate surface area is 133 Å². The topological polar surface area (TPSA) is 60.9 Å². The van der Waals surface area contributed by atoms with Crippen LogP contribution in [0.2, 0.25) is 4.34 Å². The van der Waals surface area contributed by atoms with Gasteiger partial charge in [-0.15, -0.1) is 11.3 Å². The van der Waals surface area contributed by atoms with E-state index in [0.29, 0.717) is 39.0 Å². The minimum absolute atomic E-state index is 0.0593. The van der Waals surface area contributed by atoms with Crippen molar-refractivity contribution in [2.45, 2.75) is 19.4 Å². The van der Waals surface area contributed by atoms with Crippen molar-refractivity contribution in [2.24, 2.45) is 5.92 Å². The predicted molar refractivity (Wildman–Crippen MR) is 82.6 cm³/mol. The fraction of sp³-hybridized carbons (Fsp3) is 0.571. The van der Waals surface area contributed by atoms with E-state index in [1.165, 1.54) is 11.3 Å². The molecule has 1 aliphatic rings. The van der Waals surface area contributed by atoms with Crippen molar-refractivity contribution in [3.05, 3.63) is 21.3 Å². The number of likely N-dealkylation sites (tertiary alicyclic amines) is 1. The molecule has 0 spiro atoms. The van der Waals surface area contributed by atoms with Crippen LogP contribution in [0.4, 0.5) is 0 Å². The largest absolute Gasteiger partial charge is 0.481 e. The van der Waals surface area contributed by atoms with Gasteiger partial charge >= 0.3 is 5.97 Å². The lowest BCUT2D eigenvalue weighted by molar-refractivity contribution is -0.145. The van der Waals surface area contributed by atoms with E-state index in [1.54, 1.807) is 4.90 Å². The number of likely N-dealkylation sites (N-methyl/N-ethyl adjacent to an activating group) is 1. The van der Waals surface area contributed by atoms with Crippen molar-refractivity contribution in [2.75, 3.05) is 26.7 Å². The SMILES string of the molecule is CN(CC(=O)N1CCC(C(=O)O)CC1)Cc1ccc(Cl)s1. The van der Waals surface area contributed by atoms with Crippen LogP contribution in [-0.2, 0) is 16.1 Å². The first-order chi connectivity index (χ1) is 9.95. The first kappa shape index (κ1) is 16.3. The number of hydrogen-bond donors (Lipinski definition) is 1. The molecule has 1 aromatic heterocycles. The lowest BCUT2D eigenvalue weighted by Gasteiger charge is -2.31. The third-order valence-corrected chi connectivity index (χ3v) is 4.87. The van der Waals surface area contributed by atoms with Crippen LogP contribution in [0.3, 0.4) is 0 Å². The number of carboxylic acids is 1. The van der Waals surface area contributed by atoms with Crippen LogP contribution in [0.5, 0.6) is 0 Å². The minimum atomic E-state index is -0.756. The Morgan fingerprint density at radius 3 is 2.62 bits per heavy atom. The number of thiophene rings is 1.